The van der Waals surface area contributed by atoms with E-state index < -0.39 is 27.8 Å². The van der Waals surface area contributed by atoms with E-state index >= 15 is 0 Å². The Morgan fingerprint density at radius 3 is 2.53 bits per heavy atom. The average molecular weight is 288 g/mol. The molecular weight excluding hydrogens is 276 g/mol. The zero-order valence-corrected chi connectivity index (χ0v) is 10.7. The minimum absolute atomic E-state index is 0.134. The van der Waals surface area contributed by atoms with E-state index in [1.807, 2.05) is 0 Å². The lowest BCUT2D eigenvalue weighted by atomic mass is 10.3. The summed E-state index contributed by atoms with van der Waals surface area (Å²) in [5.41, 5.74) is 0.442. The number of carboxylic acids is 1. The topological polar surface area (TPSA) is 122 Å². The molecule has 0 aliphatic heterocycles. The number of nitrogens with one attached hydrogen (secondary N) is 2. The third-order valence-corrected chi connectivity index (χ3v) is 3.05. The maximum absolute atomic E-state index is 11.4. The van der Waals surface area contributed by atoms with Crippen LogP contribution in [0.2, 0.25) is 0 Å². The van der Waals surface area contributed by atoms with Crippen molar-refractivity contribution in [1.29, 1.82) is 0 Å². The van der Waals surface area contributed by atoms with Crippen LogP contribution in [0.15, 0.2) is 24.3 Å². The SMILES string of the molecule is COC(=O)Nc1cccc(NS(=O)(=O)CC(=O)O)c1. The van der Waals surface area contributed by atoms with E-state index in [-0.39, 0.29) is 5.69 Å². The van der Waals surface area contributed by atoms with Crippen LogP contribution >= 0.6 is 0 Å². The number of anilines is 2. The fourth-order valence-electron chi connectivity index (χ4n) is 1.21. The molecule has 0 bridgehead atoms. The molecule has 1 rings (SSSR count). The van der Waals surface area contributed by atoms with Crippen molar-refractivity contribution in [1.82, 2.24) is 0 Å². The molecule has 0 spiro atoms. The van der Waals surface area contributed by atoms with Crippen LogP contribution in [0, 0.1) is 0 Å². The first-order valence-electron chi connectivity index (χ1n) is 5.00. The van der Waals surface area contributed by atoms with Gasteiger partial charge in [0.15, 0.2) is 5.75 Å². The molecule has 0 aromatic heterocycles. The van der Waals surface area contributed by atoms with Crippen LogP contribution in [-0.4, -0.2) is 38.4 Å². The Labute approximate surface area is 109 Å². The molecule has 3 N–H and O–H groups in total. The van der Waals surface area contributed by atoms with Crippen molar-refractivity contribution in [2.45, 2.75) is 0 Å². The Morgan fingerprint density at radius 1 is 1.32 bits per heavy atom. The summed E-state index contributed by atoms with van der Waals surface area (Å²) in [4.78, 5) is 21.3. The second-order valence-electron chi connectivity index (χ2n) is 3.45. The molecule has 0 heterocycles. The van der Waals surface area contributed by atoms with Gasteiger partial charge in [0.05, 0.1) is 12.8 Å². The highest BCUT2D eigenvalue weighted by molar-refractivity contribution is 7.93. The van der Waals surface area contributed by atoms with E-state index in [0.717, 1.165) is 0 Å². The fraction of sp³-hybridized carbons (Fsp3) is 0.200. The van der Waals surface area contributed by atoms with Crippen LogP contribution in [0.25, 0.3) is 0 Å². The van der Waals surface area contributed by atoms with Crippen molar-refractivity contribution < 1.29 is 27.9 Å². The maximum Gasteiger partial charge on any atom is 0.411 e. The maximum atomic E-state index is 11.4. The van der Waals surface area contributed by atoms with E-state index in [4.69, 9.17) is 5.11 Å². The number of amides is 1. The summed E-state index contributed by atoms with van der Waals surface area (Å²) in [6.07, 6.45) is -0.703. The Kier molecular flexibility index (Phi) is 4.70. The summed E-state index contributed by atoms with van der Waals surface area (Å²) < 4.78 is 29.3. The van der Waals surface area contributed by atoms with E-state index in [0.29, 0.717) is 5.69 Å². The molecule has 0 saturated heterocycles. The molecule has 0 aliphatic carbocycles. The Hall–Kier alpha value is -2.29. The zero-order valence-electron chi connectivity index (χ0n) is 9.91. The van der Waals surface area contributed by atoms with Gasteiger partial charge in [-0.1, -0.05) is 6.07 Å². The first-order valence-corrected chi connectivity index (χ1v) is 6.65. The highest BCUT2D eigenvalue weighted by atomic mass is 32.2. The Bertz CT molecular complexity index is 583. The molecule has 104 valence electrons. The summed E-state index contributed by atoms with van der Waals surface area (Å²) in [7, 11) is -2.79. The molecule has 0 aliphatic rings. The van der Waals surface area contributed by atoms with E-state index in [1.54, 1.807) is 0 Å². The largest absolute Gasteiger partial charge is 0.480 e. The highest BCUT2D eigenvalue weighted by Gasteiger charge is 2.15. The van der Waals surface area contributed by atoms with Crippen molar-refractivity contribution >= 4 is 33.5 Å². The van der Waals surface area contributed by atoms with Crippen molar-refractivity contribution in [3.8, 4) is 0 Å². The van der Waals surface area contributed by atoms with Gasteiger partial charge in [0.25, 0.3) is 0 Å². The molecule has 1 aromatic carbocycles. The summed E-state index contributed by atoms with van der Waals surface area (Å²) in [5.74, 6) is -2.50. The van der Waals surface area contributed by atoms with Crippen LogP contribution in [0.4, 0.5) is 16.2 Å². The minimum Gasteiger partial charge on any atom is -0.480 e. The molecule has 0 unspecified atom stereocenters. The smallest absolute Gasteiger partial charge is 0.411 e. The highest BCUT2D eigenvalue weighted by Crippen LogP contribution is 2.16. The predicted molar refractivity (Wildman–Crippen MR) is 67.5 cm³/mol. The number of methoxy groups -OCH3 is 1. The van der Waals surface area contributed by atoms with Gasteiger partial charge in [-0.3, -0.25) is 14.8 Å². The summed E-state index contributed by atoms with van der Waals surface area (Å²) in [6.45, 7) is 0. The van der Waals surface area contributed by atoms with Crippen molar-refractivity contribution in [2.24, 2.45) is 0 Å². The standard InChI is InChI=1S/C10H12N2O6S/c1-18-10(15)11-7-3-2-4-8(5-7)12-19(16,17)6-9(13)14/h2-5,12H,6H2,1H3,(H,11,15)(H,13,14). The number of benzene rings is 1. The van der Waals surface area contributed by atoms with Gasteiger partial charge in [-0.25, -0.2) is 13.2 Å². The van der Waals surface area contributed by atoms with Gasteiger partial charge in [0.2, 0.25) is 10.0 Å². The molecule has 1 amide bonds. The van der Waals surface area contributed by atoms with Gasteiger partial charge >= 0.3 is 12.1 Å². The number of hydrogen-bond donors (Lipinski definition) is 3. The quantitative estimate of drug-likeness (QED) is 0.732. The number of aliphatic carboxylic acids is 1. The van der Waals surface area contributed by atoms with E-state index in [9.17, 15) is 18.0 Å². The number of hydrogen-bond acceptors (Lipinski definition) is 5. The van der Waals surface area contributed by atoms with Gasteiger partial charge in [-0.05, 0) is 18.2 Å². The first-order chi connectivity index (χ1) is 8.82. The van der Waals surface area contributed by atoms with Crippen LogP contribution in [0.5, 0.6) is 0 Å². The Morgan fingerprint density at radius 2 is 1.95 bits per heavy atom. The lowest BCUT2D eigenvalue weighted by Crippen LogP contribution is -2.22. The van der Waals surface area contributed by atoms with Crippen molar-refractivity contribution in [3.63, 3.8) is 0 Å². The van der Waals surface area contributed by atoms with Gasteiger partial charge in [-0.15, -0.1) is 0 Å². The van der Waals surface area contributed by atoms with Gasteiger partial charge in [0, 0.05) is 5.69 Å². The van der Waals surface area contributed by atoms with E-state index in [1.165, 1.54) is 31.4 Å². The summed E-state index contributed by atoms with van der Waals surface area (Å²) in [6, 6.07) is 5.76. The molecule has 8 nitrogen and oxygen atoms in total. The molecular formula is C10H12N2O6S. The molecule has 1 aromatic rings. The van der Waals surface area contributed by atoms with Crippen LogP contribution in [-0.2, 0) is 19.6 Å². The molecule has 0 atom stereocenters. The number of rotatable bonds is 5. The molecule has 0 fully saturated rings. The average Bonchev–Trinajstić information content (AvgIpc) is 2.26. The summed E-state index contributed by atoms with van der Waals surface area (Å²) in [5, 5.41) is 10.8. The number of carbonyl (C=O) groups is 2. The van der Waals surface area contributed by atoms with Crippen molar-refractivity contribution in [3.05, 3.63) is 24.3 Å². The fourth-order valence-corrected chi connectivity index (χ4v) is 2.09. The molecule has 19 heavy (non-hydrogen) atoms. The normalized spacial score (nSPS) is 10.6. The number of ether oxygens (including phenoxy) is 1. The van der Waals surface area contributed by atoms with Crippen LogP contribution in [0.3, 0.4) is 0 Å². The van der Waals surface area contributed by atoms with E-state index in [2.05, 4.69) is 14.8 Å². The van der Waals surface area contributed by atoms with Crippen LogP contribution in [0.1, 0.15) is 0 Å². The first kappa shape index (κ1) is 14.8. The number of carbonyl (C=O) groups excluding carboxylic acids is 1. The van der Waals surface area contributed by atoms with Crippen LogP contribution < -0.4 is 10.0 Å². The second-order valence-corrected chi connectivity index (χ2v) is 5.17. The number of sulfonamides is 1. The third kappa shape index (κ3) is 5.25. The second kappa shape index (κ2) is 6.05. The lowest BCUT2D eigenvalue weighted by Gasteiger charge is -2.08. The van der Waals surface area contributed by atoms with Crippen molar-refractivity contribution in [2.75, 3.05) is 22.9 Å². The lowest BCUT2D eigenvalue weighted by molar-refractivity contribution is -0.134. The third-order valence-electron chi connectivity index (χ3n) is 1.88. The number of carboxylic acid groups (broad SMARTS) is 1. The zero-order chi connectivity index (χ0) is 14.5. The molecule has 9 heteroatoms. The monoisotopic (exact) mass is 288 g/mol. The van der Waals surface area contributed by atoms with Gasteiger partial charge in [-0.2, -0.15) is 0 Å². The molecule has 0 radical (unpaired) electrons. The Balaban J connectivity index is 2.83. The molecule has 0 saturated carbocycles. The van der Waals surface area contributed by atoms with Gasteiger partial charge in [0.1, 0.15) is 0 Å². The minimum atomic E-state index is -3.98. The predicted octanol–water partition coefficient (Wildman–Crippen LogP) is 0.691. The summed E-state index contributed by atoms with van der Waals surface area (Å²) >= 11 is 0. The van der Waals surface area contributed by atoms with Gasteiger partial charge < -0.3 is 9.84 Å².